The van der Waals surface area contributed by atoms with Gasteiger partial charge >= 0.3 is 0 Å². The molecule has 0 aliphatic rings. The van der Waals surface area contributed by atoms with Crippen LogP contribution in [0.25, 0.3) is 11.0 Å². The van der Waals surface area contributed by atoms with Gasteiger partial charge in [0.2, 0.25) is 0 Å². The highest BCUT2D eigenvalue weighted by molar-refractivity contribution is 9.11. The van der Waals surface area contributed by atoms with E-state index in [1.165, 1.54) is 0 Å². The van der Waals surface area contributed by atoms with Crippen molar-refractivity contribution in [2.24, 2.45) is 0 Å². The molecule has 6 heteroatoms. The molecule has 0 atom stereocenters. The van der Waals surface area contributed by atoms with Crippen LogP contribution in [0, 0.1) is 0 Å². The smallest absolute Gasteiger partial charge is 0.120 e. The third-order valence-electron chi connectivity index (χ3n) is 1.68. The van der Waals surface area contributed by atoms with Crippen LogP contribution in [0.15, 0.2) is 15.0 Å². The fourth-order valence-corrected chi connectivity index (χ4v) is 2.91. The Morgan fingerprint density at radius 1 is 1.31 bits per heavy atom. The van der Waals surface area contributed by atoms with Crippen molar-refractivity contribution in [2.45, 2.75) is 6.61 Å². The summed E-state index contributed by atoms with van der Waals surface area (Å²) in [6.45, 7) is -0.00729. The van der Waals surface area contributed by atoms with Crippen LogP contribution in [0.5, 0.6) is 0 Å². The van der Waals surface area contributed by atoms with Crippen LogP contribution in [-0.4, -0.2) is 13.9 Å². The highest BCUT2D eigenvalue weighted by Gasteiger charge is 2.11. The lowest BCUT2D eigenvalue weighted by Crippen LogP contribution is -1.87. The predicted octanol–water partition coefficient (Wildman–Crippen LogP) is 2.71. The molecule has 0 saturated carbocycles. The SMILES string of the molecule is OCc1cc(Br)c2nsnc2c1Br. The summed E-state index contributed by atoms with van der Waals surface area (Å²) in [5.41, 5.74) is 2.43. The van der Waals surface area contributed by atoms with E-state index < -0.39 is 0 Å². The van der Waals surface area contributed by atoms with E-state index in [-0.39, 0.29) is 6.61 Å². The van der Waals surface area contributed by atoms with Crippen LogP contribution >= 0.6 is 43.6 Å². The van der Waals surface area contributed by atoms with Crippen LogP contribution in [0.1, 0.15) is 5.56 Å². The van der Waals surface area contributed by atoms with Crippen molar-refractivity contribution in [1.82, 2.24) is 8.75 Å². The Bertz CT molecular complexity index is 457. The van der Waals surface area contributed by atoms with E-state index in [0.717, 1.165) is 37.3 Å². The summed E-state index contributed by atoms with van der Waals surface area (Å²) < 4.78 is 9.94. The average molecular weight is 324 g/mol. The van der Waals surface area contributed by atoms with Crippen molar-refractivity contribution >= 4 is 54.6 Å². The molecule has 0 aliphatic heterocycles. The van der Waals surface area contributed by atoms with Crippen molar-refractivity contribution in [3.63, 3.8) is 0 Å². The van der Waals surface area contributed by atoms with Gasteiger partial charge in [0.15, 0.2) is 0 Å². The van der Waals surface area contributed by atoms with Gasteiger partial charge in [-0.2, -0.15) is 8.75 Å². The Hall–Kier alpha value is -0.0400. The van der Waals surface area contributed by atoms with Gasteiger partial charge in [-0.1, -0.05) is 0 Å². The van der Waals surface area contributed by atoms with E-state index in [1.807, 2.05) is 6.07 Å². The molecule has 0 unspecified atom stereocenters. The van der Waals surface area contributed by atoms with Gasteiger partial charge in [-0.25, -0.2) is 0 Å². The summed E-state index contributed by atoms with van der Waals surface area (Å²) in [7, 11) is 0. The molecule has 2 aromatic rings. The van der Waals surface area contributed by atoms with Gasteiger partial charge < -0.3 is 5.11 Å². The van der Waals surface area contributed by atoms with Gasteiger partial charge in [0.05, 0.1) is 22.8 Å². The zero-order valence-electron chi connectivity index (χ0n) is 6.29. The molecular weight excluding hydrogens is 320 g/mol. The molecule has 1 heterocycles. The second kappa shape index (κ2) is 3.61. The first-order chi connectivity index (χ1) is 6.24. The van der Waals surface area contributed by atoms with Gasteiger partial charge in [0.1, 0.15) is 11.0 Å². The molecule has 2 rings (SSSR count). The van der Waals surface area contributed by atoms with Gasteiger partial charge in [-0.3, -0.25) is 0 Å². The minimum atomic E-state index is -0.00729. The van der Waals surface area contributed by atoms with E-state index in [9.17, 15) is 0 Å². The Balaban J connectivity index is 2.85. The van der Waals surface area contributed by atoms with Crippen LogP contribution in [0.2, 0.25) is 0 Å². The topological polar surface area (TPSA) is 46.0 Å². The molecule has 0 amide bonds. The van der Waals surface area contributed by atoms with E-state index in [0.29, 0.717) is 0 Å². The monoisotopic (exact) mass is 322 g/mol. The molecular formula is C7H4Br2N2OS. The zero-order valence-corrected chi connectivity index (χ0v) is 10.3. The van der Waals surface area contributed by atoms with Crippen LogP contribution in [-0.2, 0) is 6.61 Å². The lowest BCUT2D eigenvalue weighted by Gasteiger charge is -2.01. The van der Waals surface area contributed by atoms with Gasteiger partial charge in [-0.05, 0) is 43.5 Å². The largest absolute Gasteiger partial charge is 0.392 e. The zero-order chi connectivity index (χ0) is 9.42. The van der Waals surface area contributed by atoms with Crippen LogP contribution in [0.4, 0.5) is 0 Å². The number of hydrogen-bond donors (Lipinski definition) is 1. The Morgan fingerprint density at radius 2 is 2.00 bits per heavy atom. The first-order valence-electron chi connectivity index (χ1n) is 3.44. The number of rotatable bonds is 1. The maximum atomic E-state index is 9.04. The summed E-state index contributed by atoms with van der Waals surface area (Å²) in [6.07, 6.45) is 0. The molecule has 13 heavy (non-hydrogen) atoms. The summed E-state index contributed by atoms with van der Waals surface area (Å²) in [5.74, 6) is 0. The van der Waals surface area contributed by atoms with E-state index in [1.54, 1.807) is 0 Å². The summed E-state index contributed by atoms with van der Waals surface area (Å²) in [4.78, 5) is 0. The maximum Gasteiger partial charge on any atom is 0.120 e. The van der Waals surface area contributed by atoms with Crippen molar-refractivity contribution < 1.29 is 5.11 Å². The number of fused-ring (bicyclic) bond motifs is 1. The van der Waals surface area contributed by atoms with E-state index in [4.69, 9.17) is 5.11 Å². The molecule has 68 valence electrons. The van der Waals surface area contributed by atoms with E-state index >= 15 is 0 Å². The molecule has 0 saturated heterocycles. The summed E-state index contributed by atoms with van der Waals surface area (Å²) in [5, 5.41) is 9.04. The molecule has 1 aromatic carbocycles. The molecule has 3 nitrogen and oxygen atoms in total. The number of aliphatic hydroxyl groups excluding tert-OH is 1. The van der Waals surface area contributed by atoms with Crippen molar-refractivity contribution in [2.75, 3.05) is 0 Å². The van der Waals surface area contributed by atoms with Crippen molar-refractivity contribution in [1.29, 1.82) is 0 Å². The van der Waals surface area contributed by atoms with Gasteiger partial charge in [-0.15, -0.1) is 0 Å². The Morgan fingerprint density at radius 3 is 2.69 bits per heavy atom. The van der Waals surface area contributed by atoms with Crippen LogP contribution < -0.4 is 0 Å². The quantitative estimate of drug-likeness (QED) is 0.877. The number of aromatic nitrogens is 2. The predicted molar refractivity (Wildman–Crippen MR) is 58.7 cm³/mol. The Labute approximate surface area is 95.4 Å². The lowest BCUT2D eigenvalue weighted by molar-refractivity contribution is 0.281. The van der Waals surface area contributed by atoms with Crippen molar-refractivity contribution in [3.8, 4) is 0 Å². The Kier molecular flexibility index (Phi) is 2.64. The standard InChI is InChI=1S/C7H4Br2N2OS/c8-4-1-3(2-12)5(9)7-6(4)10-13-11-7/h1,12H,2H2. The molecule has 0 radical (unpaired) electrons. The summed E-state index contributed by atoms with van der Waals surface area (Å²) in [6, 6.07) is 1.84. The molecule has 0 fully saturated rings. The van der Waals surface area contributed by atoms with Gasteiger partial charge in [0.25, 0.3) is 0 Å². The fourth-order valence-electron chi connectivity index (χ4n) is 1.04. The number of aliphatic hydroxyl groups is 1. The molecule has 1 N–H and O–H groups in total. The van der Waals surface area contributed by atoms with E-state index in [2.05, 4.69) is 40.6 Å². The number of benzene rings is 1. The average Bonchev–Trinajstić information content (AvgIpc) is 2.60. The third-order valence-corrected chi connectivity index (χ3v) is 3.69. The second-order valence-electron chi connectivity index (χ2n) is 2.45. The molecule has 0 spiro atoms. The second-order valence-corrected chi connectivity index (χ2v) is 4.63. The number of halogens is 2. The number of nitrogens with zero attached hydrogens (tertiary/aromatic N) is 2. The molecule has 1 aromatic heterocycles. The lowest BCUT2D eigenvalue weighted by atomic mass is 10.2. The maximum absolute atomic E-state index is 9.04. The third kappa shape index (κ3) is 1.52. The first kappa shape index (κ1) is 9.51. The highest BCUT2D eigenvalue weighted by atomic mass is 79.9. The minimum absolute atomic E-state index is 0.00729. The minimum Gasteiger partial charge on any atom is -0.392 e. The highest BCUT2D eigenvalue weighted by Crippen LogP contribution is 2.32. The normalized spacial score (nSPS) is 11.0. The van der Waals surface area contributed by atoms with Gasteiger partial charge in [0, 0.05) is 4.47 Å². The van der Waals surface area contributed by atoms with Crippen molar-refractivity contribution in [3.05, 3.63) is 20.6 Å². The fraction of sp³-hybridized carbons (Fsp3) is 0.143. The van der Waals surface area contributed by atoms with Crippen LogP contribution in [0.3, 0.4) is 0 Å². The number of hydrogen-bond acceptors (Lipinski definition) is 4. The molecule has 0 aliphatic carbocycles. The first-order valence-corrected chi connectivity index (χ1v) is 5.75. The summed E-state index contributed by atoms with van der Waals surface area (Å²) >= 11 is 7.91. The molecule has 0 bridgehead atoms.